The van der Waals surface area contributed by atoms with Crippen LogP contribution in [0.1, 0.15) is 41.8 Å². The van der Waals surface area contributed by atoms with Crippen molar-refractivity contribution in [3.8, 4) is 5.75 Å². The van der Waals surface area contributed by atoms with E-state index in [9.17, 15) is 4.79 Å². The van der Waals surface area contributed by atoms with E-state index in [1.165, 1.54) is 10.5 Å². The van der Waals surface area contributed by atoms with Crippen molar-refractivity contribution in [2.75, 3.05) is 6.61 Å². The van der Waals surface area contributed by atoms with Gasteiger partial charge in [0.15, 0.2) is 5.78 Å². The number of aryl methyl sites for hydroxylation is 1. The standard InChI is InChI=1S/C25H26O2S/c1-18(2)16-17-27-22-10-6-20(7-11-22)25(26)21-8-14-24(15-9-21)28-23-12-4-19(3)5-13-23/h4-15,18H,16-17H2,1-3H3. The number of carbonyl (C=O) groups is 1. The van der Waals surface area contributed by atoms with Crippen LogP contribution in [0.3, 0.4) is 0 Å². The second kappa shape index (κ2) is 9.61. The van der Waals surface area contributed by atoms with Crippen molar-refractivity contribution < 1.29 is 9.53 Å². The fourth-order valence-corrected chi connectivity index (χ4v) is 3.51. The van der Waals surface area contributed by atoms with E-state index in [-0.39, 0.29) is 5.78 Å². The van der Waals surface area contributed by atoms with E-state index in [2.05, 4.69) is 45.0 Å². The molecule has 3 aromatic carbocycles. The highest BCUT2D eigenvalue weighted by Gasteiger charge is 2.09. The molecular weight excluding hydrogens is 364 g/mol. The predicted molar refractivity (Wildman–Crippen MR) is 117 cm³/mol. The fourth-order valence-electron chi connectivity index (χ4n) is 2.70. The van der Waals surface area contributed by atoms with Gasteiger partial charge in [-0.3, -0.25) is 4.79 Å². The summed E-state index contributed by atoms with van der Waals surface area (Å²) in [4.78, 5) is 15.0. The molecule has 0 spiro atoms. The zero-order valence-electron chi connectivity index (χ0n) is 16.6. The maximum atomic E-state index is 12.7. The van der Waals surface area contributed by atoms with Crippen molar-refractivity contribution in [3.05, 3.63) is 89.5 Å². The Bertz CT molecular complexity index is 895. The second-order valence-corrected chi connectivity index (χ2v) is 8.47. The molecule has 0 bridgehead atoms. The molecule has 0 heterocycles. The number of ether oxygens (including phenoxy) is 1. The highest BCUT2D eigenvalue weighted by molar-refractivity contribution is 7.99. The lowest BCUT2D eigenvalue weighted by Crippen LogP contribution is -2.03. The van der Waals surface area contributed by atoms with Gasteiger partial charge in [-0.15, -0.1) is 0 Å². The molecule has 0 amide bonds. The molecule has 28 heavy (non-hydrogen) atoms. The molecule has 0 saturated carbocycles. The Hall–Kier alpha value is -2.52. The van der Waals surface area contributed by atoms with Crippen LogP contribution in [0.15, 0.2) is 82.6 Å². The fraction of sp³-hybridized carbons (Fsp3) is 0.240. The van der Waals surface area contributed by atoms with Crippen molar-refractivity contribution in [1.29, 1.82) is 0 Å². The number of hydrogen-bond acceptors (Lipinski definition) is 3. The summed E-state index contributed by atoms with van der Waals surface area (Å²) in [6.45, 7) is 7.13. The highest BCUT2D eigenvalue weighted by Crippen LogP contribution is 2.28. The van der Waals surface area contributed by atoms with Crippen LogP contribution in [0.2, 0.25) is 0 Å². The summed E-state index contributed by atoms with van der Waals surface area (Å²) in [6.07, 6.45) is 1.02. The Morgan fingerprint density at radius 2 is 1.32 bits per heavy atom. The van der Waals surface area contributed by atoms with Crippen LogP contribution in [-0.4, -0.2) is 12.4 Å². The molecule has 0 unspecified atom stereocenters. The Morgan fingerprint density at radius 3 is 1.86 bits per heavy atom. The molecule has 0 aliphatic rings. The van der Waals surface area contributed by atoms with Gasteiger partial charge in [-0.25, -0.2) is 0 Å². The molecule has 2 nitrogen and oxygen atoms in total. The Morgan fingerprint density at radius 1 is 0.821 bits per heavy atom. The van der Waals surface area contributed by atoms with Crippen molar-refractivity contribution in [1.82, 2.24) is 0 Å². The normalized spacial score (nSPS) is 10.9. The molecule has 0 fully saturated rings. The van der Waals surface area contributed by atoms with Gasteiger partial charge < -0.3 is 4.74 Å². The average molecular weight is 391 g/mol. The van der Waals surface area contributed by atoms with Crippen molar-refractivity contribution in [2.45, 2.75) is 37.0 Å². The van der Waals surface area contributed by atoms with Gasteiger partial charge in [0.25, 0.3) is 0 Å². The molecule has 0 aliphatic heterocycles. The summed E-state index contributed by atoms with van der Waals surface area (Å²) in [5, 5.41) is 0. The predicted octanol–water partition coefficient (Wildman–Crippen LogP) is 6.80. The lowest BCUT2D eigenvalue weighted by Gasteiger charge is -2.09. The van der Waals surface area contributed by atoms with E-state index in [0.29, 0.717) is 23.7 Å². The number of hydrogen-bond donors (Lipinski definition) is 0. The zero-order valence-corrected chi connectivity index (χ0v) is 17.5. The largest absolute Gasteiger partial charge is 0.494 e. The Balaban J connectivity index is 1.61. The summed E-state index contributed by atoms with van der Waals surface area (Å²) in [5.74, 6) is 1.45. The van der Waals surface area contributed by atoms with E-state index in [0.717, 1.165) is 17.1 Å². The first kappa shape index (κ1) is 20.2. The smallest absolute Gasteiger partial charge is 0.193 e. The lowest BCUT2D eigenvalue weighted by atomic mass is 10.0. The molecule has 3 rings (SSSR count). The third kappa shape index (κ3) is 5.74. The van der Waals surface area contributed by atoms with Crippen LogP contribution in [0, 0.1) is 12.8 Å². The van der Waals surface area contributed by atoms with Gasteiger partial charge in [-0.05, 0) is 79.9 Å². The number of rotatable bonds is 8. The monoisotopic (exact) mass is 390 g/mol. The van der Waals surface area contributed by atoms with E-state index in [4.69, 9.17) is 4.74 Å². The van der Waals surface area contributed by atoms with Crippen LogP contribution in [0.5, 0.6) is 5.75 Å². The minimum absolute atomic E-state index is 0.0283. The molecule has 0 saturated heterocycles. The van der Waals surface area contributed by atoms with Crippen LogP contribution in [-0.2, 0) is 0 Å². The quantitative estimate of drug-likeness (QED) is 0.396. The third-order valence-electron chi connectivity index (χ3n) is 4.45. The molecule has 0 N–H and O–H groups in total. The van der Waals surface area contributed by atoms with Crippen molar-refractivity contribution in [3.63, 3.8) is 0 Å². The van der Waals surface area contributed by atoms with Gasteiger partial charge in [0, 0.05) is 20.9 Å². The minimum Gasteiger partial charge on any atom is -0.494 e. The van der Waals surface area contributed by atoms with Gasteiger partial charge in [0.05, 0.1) is 6.61 Å². The van der Waals surface area contributed by atoms with Gasteiger partial charge in [-0.2, -0.15) is 0 Å². The first-order valence-electron chi connectivity index (χ1n) is 9.63. The summed E-state index contributed by atoms with van der Waals surface area (Å²) < 4.78 is 5.72. The van der Waals surface area contributed by atoms with Gasteiger partial charge in [-0.1, -0.05) is 43.3 Å². The second-order valence-electron chi connectivity index (χ2n) is 7.32. The summed E-state index contributed by atoms with van der Waals surface area (Å²) in [5.41, 5.74) is 2.62. The van der Waals surface area contributed by atoms with Crippen LogP contribution in [0.4, 0.5) is 0 Å². The number of benzene rings is 3. The Labute approximate surface area is 171 Å². The van der Waals surface area contributed by atoms with Crippen molar-refractivity contribution >= 4 is 17.5 Å². The van der Waals surface area contributed by atoms with E-state index in [1.807, 2.05) is 48.5 Å². The number of ketones is 1. The summed E-state index contributed by atoms with van der Waals surface area (Å²) >= 11 is 1.70. The Kier molecular flexibility index (Phi) is 6.94. The molecule has 3 heteroatoms. The maximum absolute atomic E-state index is 12.7. The highest BCUT2D eigenvalue weighted by atomic mass is 32.2. The lowest BCUT2D eigenvalue weighted by molar-refractivity contribution is 0.103. The van der Waals surface area contributed by atoms with E-state index < -0.39 is 0 Å². The number of carbonyl (C=O) groups excluding carboxylic acids is 1. The third-order valence-corrected chi connectivity index (χ3v) is 5.47. The van der Waals surface area contributed by atoms with Crippen LogP contribution in [0.25, 0.3) is 0 Å². The van der Waals surface area contributed by atoms with Gasteiger partial charge in [0.2, 0.25) is 0 Å². The minimum atomic E-state index is 0.0283. The van der Waals surface area contributed by atoms with Crippen LogP contribution >= 0.6 is 11.8 Å². The first-order chi connectivity index (χ1) is 13.5. The van der Waals surface area contributed by atoms with E-state index in [1.54, 1.807) is 11.8 Å². The molecule has 0 atom stereocenters. The molecule has 0 aliphatic carbocycles. The zero-order chi connectivity index (χ0) is 19.9. The maximum Gasteiger partial charge on any atom is 0.193 e. The topological polar surface area (TPSA) is 26.3 Å². The average Bonchev–Trinajstić information content (AvgIpc) is 2.70. The van der Waals surface area contributed by atoms with Gasteiger partial charge in [0.1, 0.15) is 5.75 Å². The van der Waals surface area contributed by atoms with Gasteiger partial charge >= 0.3 is 0 Å². The molecule has 3 aromatic rings. The molecular formula is C25H26O2S. The summed E-state index contributed by atoms with van der Waals surface area (Å²) in [7, 11) is 0. The SMILES string of the molecule is Cc1ccc(Sc2ccc(C(=O)c3ccc(OCCC(C)C)cc3)cc2)cc1. The first-order valence-corrected chi connectivity index (χ1v) is 10.4. The van der Waals surface area contributed by atoms with Crippen molar-refractivity contribution in [2.24, 2.45) is 5.92 Å². The molecule has 144 valence electrons. The van der Waals surface area contributed by atoms with E-state index >= 15 is 0 Å². The molecule has 0 radical (unpaired) electrons. The molecule has 0 aromatic heterocycles. The van der Waals surface area contributed by atoms with Crippen LogP contribution < -0.4 is 4.74 Å². The summed E-state index contributed by atoms with van der Waals surface area (Å²) in [6, 6.07) is 23.6.